The number of alkyl carbamates (subject to hydrolysis) is 1. The fraction of sp³-hybridized carbons (Fsp3) is 0.667. The predicted octanol–water partition coefficient (Wildman–Crippen LogP) is 5.12. The molecule has 2 atom stereocenters. The number of hydrogen-bond acceptors (Lipinski definition) is 4. The zero-order valence-electron chi connectivity index (χ0n) is 18.6. The van der Waals surface area contributed by atoms with Crippen molar-refractivity contribution in [3.63, 3.8) is 0 Å². The first-order valence-electron chi connectivity index (χ1n) is 11.3. The second kappa shape index (κ2) is 10.2. The lowest BCUT2D eigenvalue weighted by molar-refractivity contribution is 0.0312. The fourth-order valence-corrected chi connectivity index (χ4v) is 4.68. The van der Waals surface area contributed by atoms with E-state index in [9.17, 15) is 9.59 Å². The Bertz CT molecular complexity index is 695. The normalized spacial score (nSPS) is 23.0. The van der Waals surface area contributed by atoms with Crippen molar-refractivity contribution in [3.8, 4) is 0 Å². The van der Waals surface area contributed by atoms with Crippen molar-refractivity contribution in [1.29, 1.82) is 0 Å². The minimum absolute atomic E-state index is 0.110. The highest BCUT2D eigenvalue weighted by Crippen LogP contribution is 2.36. The number of likely N-dealkylation sites (tertiary alicyclic amines) is 1. The maximum Gasteiger partial charge on any atom is 0.410 e. The molecular weight excluding hydrogens is 380 g/mol. The Hall–Kier alpha value is -2.24. The molecule has 1 aliphatic heterocycles. The molecule has 1 heterocycles. The number of ether oxygens (including phenoxy) is 2. The lowest BCUT2D eigenvalue weighted by atomic mass is 9.73. The van der Waals surface area contributed by atoms with Crippen LogP contribution in [0.5, 0.6) is 0 Å². The molecule has 0 bridgehead atoms. The maximum absolute atomic E-state index is 12.7. The molecule has 166 valence electrons. The summed E-state index contributed by atoms with van der Waals surface area (Å²) < 4.78 is 11.0. The molecule has 2 amide bonds. The van der Waals surface area contributed by atoms with Gasteiger partial charge in [-0.3, -0.25) is 0 Å². The van der Waals surface area contributed by atoms with Crippen LogP contribution < -0.4 is 5.32 Å². The molecule has 1 aromatic carbocycles. The van der Waals surface area contributed by atoms with Crippen molar-refractivity contribution in [2.75, 3.05) is 13.1 Å². The van der Waals surface area contributed by atoms with Crippen LogP contribution in [-0.4, -0.2) is 41.8 Å². The molecule has 0 radical (unpaired) electrons. The van der Waals surface area contributed by atoms with Crippen LogP contribution in [0.2, 0.25) is 0 Å². The van der Waals surface area contributed by atoms with Gasteiger partial charge in [0.15, 0.2) is 0 Å². The van der Waals surface area contributed by atoms with E-state index in [0.29, 0.717) is 24.9 Å². The topological polar surface area (TPSA) is 67.9 Å². The lowest BCUT2D eigenvalue weighted by Gasteiger charge is -2.43. The SMILES string of the molecule is CC(C)(C)OC(=O)NC1CN(C(=O)OCc2ccccc2)CCC1C1CCCCC1. The standard InChI is InChI=1S/C24H36N2O4/c1-24(2,3)30-22(27)25-21-16-26(15-14-20(21)19-12-8-5-9-13-19)23(28)29-17-18-10-6-4-7-11-18/h4,6-7,10-11,19-21H,5,8-9,12-17H2,1-3H3,(H,25,27). The van der Waals surface area contributed by atoms with Crippen LogP contribution in [0.1, 0.15) is 64.9 Å². The van der Waals surface area contributed by atoms with Crippen LogP contribution >= 0.6 is 0 Å². The van der Waals surface area contributed by atoms with Gasteiger partial charge in [0, 0.05) is 13.1 Å². The second-order valence-corrected chi connectivity index (χ2v) is 9.59. The van der Waals surface area contributed by atoms with Gasteiger partial charge in [0.1, 0.15) is 12.2 Å². The third kappa shape index (κ3) is 6.64. The summed E-state index contributed by atoms with van der Waals surface area (Å²) in [6, 6.07) is 9.57. The van der Waals surface area contributed by atoms with Crippen LogP contribution in [0.15, 0.2) is 30.3 Å². The average molecular weight is 417 g/mol. The van der Waals surface area contributed by atoms with Gasteiger partial charge in [0.05, 0.1) is 6.04 Å². The molecule has 2 unspecified atom stereocenters. The summed E-state index contributed by atoms with van der Waals surface area (Å²) in [4.78, 5) is 26.9. The summed E-state index contributed by atoms with van der Waals surface area (Å²) in [5.41, 5.74) is 0.416. The van der Waals surface area contributed by atoms with E-state index in [0.717, 1.165) is 12.0 Å². The van der Waals surface area contributed by atoms with E-state index in [4.69, 9.17) is 9.47 Å². The number of benzene rings is 1. The van der Waals surface area contributed by atoms with Gasteiger partial charge in [-0.1, -0.05) is 62.4 Å². The molecule has 1 aliphatic carbocycles. The van der Waals surface area contributed by atoms with E-state index < -0.39 is 11.7 Å². The van der Waals surface area contributed by atoms with E-state index in [2.05, 4.69) is 5.32 Å². The quantitative estimate of drug-likeness (QED) is 0.740. The van der Waals surface area contributed by atoms with Gasteiger partial charge in [0.25, 0.3) is 0 Å². The number of hydrogen-bond donors (Lipinski definition) is 1. The van der Waals surface area contributed by atoms with Crippen LogP contribution in [0.25, 0.3) is 0 Å². The van der Waals surface area contributed by atoms with E-state index in [-0.39, 0.29) is 18.7 Å². The Morgan fingerprint density at radius 1 is 1.07 bits per heavy atom. The third-order valence-corrected chi connectivity index (χ3v) is 6.09. The minimum Gasteiger partial charge on any atom is -0.445 e. The van der Waals surface area contributed by atoms with Crippen molar-refractivity contribution in [2.45, 2.75) is 77.5 Å². The summed E-state index contributed by atoms with van der Waals surface area (Å²) in [6.45, 7) is 6.97. The summed E-state index contributed by atoms with van der Waals surface area (Å²) >= 11 is 0. The number of rotatable bonds is 4. The molecule has 1 saturated carbocycles. The summed E-state index contributed by atoms with van der Waals surface area (Å²) in [6.07, 6.45) is 6.36. The van der Waals surface area contributed by atoms with Gasteiger partial charge in [0.2, 0.25) is 0 Å². The van der Waals surface area contributed by atoms with Gasteiger partial charge < -0.3 is 19.7 Å². The Morgan fingerprint density at radius 3 is 2.43 bits per heavy atom. The number of piperidine rings is 1. The van der Waals surface area contributed by atoms with Crippen molar-refractivity contribution < 1.29 is 19.1 Å². The molecule has 0 aromatic heterocycles. The second-order valence-electron chi connectivity index (χ2n) is 9.59. The number of carbonyl (C=O) groups excluding carboxylic acids is 2. The van der Waals surface area contributed by atoms with Crippen molar-refractivity contribution in [1.82, 2.24) is 10.2 Å². The maximum atomic E-state index is 12.7. The lowest BCUT2D eigenvalue weighted by Crippen LogP contribution is -2.56. The van der Waals surface area contributed by atoms with Crippen LogP contribution in [0, 0.1) is 11.8 Å². The smallest absolute Gasteiger partial charge is 0.410 e. The third-order valence-electron chi connectivity index (χ3n) is 6.09. The first-order chi connectivity index (χ1) is 14.3. The molecule has 30 heavy (non-hydrogen) atoms. The summed E-state index contributed by atoms with van der Waals surface area (Å²) in [7, 11) is 0. The van der Waals surface area contributed by atoms with Crippen molar-refractivity contribution >= 4 is 12.2 Å². The Kier molecular flexibility index (Phi) is 7.62. The molecule has 2 aliphatic rings. The molecule has 1 N–H and O–H groups in total. The average Bonchev–Trinajstić information content (AvgIpc) is 2.72. The Morgan fingerprint density at radius 2 is 1.77 bits per heavy atom. The van der Waals surface area contributed by atoms with Gasteiger partial charge in [-0.15, -0.1) is 0 Å². The predicted molar refractivity (Wildman–Crippen MR) is 116 cm³/mol. The van der Waals surface area contributed by atoms with Crippen LogP contribution in [0.3, 0.4) is 0 Å². The van der Waals surface area contributed by atoms with E-state index in [1.165, 1.54) is 32.1 Å². The first kappa shape index (κ1) is 22.4. The molecule has 3 rings (SSSR count). The Labute approximate surface area is 180 Å². The molecule has 1 saturated heterocycles. The van der Waals surface area contributed by atoms with Gasteiger partial charge in [-0.2, -0.15) is 0 Å². The summed E-state index contributed by atoms with van der Waals surface area (Å²) in [5, 5.41) is 3.07. The monoisotopic (exact) mass is 416 g/mol. The van der Waals surface area contributed by atoms with E-state index in [1.54, 1.807) is 4.90 Å². The zero-order valence-corrected chi connectivity index (χ0v) is 18.6. The van der Waals surface area contributed by atoms with Gasteiger partial charge in [-0.05, 0) is 44.6 Å². The van der Waals surface area contributed by atoms with E-state index in [1.807, 2.05) is 51.1 Å². The summed E-state index contributed by atoms with van der Waals surface area (Å²) in [5.74, 6) is 0.970. The Balaban J connectivity index is 1.62. The van der Waals surface area contributed by atoms with Crippen LogP contribution in [-0.2, 0) is 16.1 Å². The van der Waals surface area contributed by atoms with E-state index >= 15 is 0 Å². The highest BCUT2D eigenvalue weighted by atomic mass is 16.6. The molecule has 6 heteroatoms. The largest absolute Gasteiger partial charge is 0.445 e. The van der Waals surface area contributed by atoms with Crippen LogP contribution in [0.4, 0.5) is 9.59 Å². The van der Waals surface area contributed by atoms with Crippen molar-refractivity contribution in [3.05, 3.63) is 35.9 Å². The number of amides is 2. The molecule has 2 fully saturated rings. The highest BCUT2D eigenvalue weighted by molar-refractivity contribution is 5.70. The van der Waals surface area contributed by atoms with Crippen molar-refractivity contribution in [2.24, 2.45) is 11.8 Å². The van der Waals surface area contributed by atoms with Gasteiger partial charge in [-0.25, -0.2) is 9.59 Å². The zero-order chi connectivity index (χ0) is 21.6. The molecule has 6 nitrogen and oxygen atoms in total. The fourth-order valence-electron chi connectivity index (χ4n) is 4.68. The number of nitrogens with zero attached hydrogens (tertiary/aromatic N) is 1. The highest BCUT2D eigenvalue weighted by Gasteiger charge is 2.38. The van der Waals surface area contributed by atoms with Gasteiger partial charge >= 0.3 is 12.2 Å². The molecular formula is C24H36N2O4. The molecule has 0 spiro atoms. The number of nitrogens with one attached hydrogen (secondary N) is 1. The minimum atomic E-state index is -0.548. The number of carbonyl (C=O) groups is 2. The molecule has 1 aromatic rings. The first-order valence-corrected chi connectivity index (χ1v) is 11.3.